The summed E-state index contributed by atoms with van der Waals surface area (Å²) in [4.78, 5) is 69.0. The van der Waals surface area contributed by atoms with E-state index in [2.05, 4.69) is 25.6 Å². The highest BCUT2D eigenvalue weighted by Gasteiger charge is 2.44. The highest BCUT2D eigenvalue weighted by atomic mass is 32.2. The molecule has 3 amide bonds. The second kappa shape index (κ2) is 19.3. The van der Waals surface area contributed by atoms with Gasteiger partial charge in [-0.1, -0.05) is 74.8 Å². The average Bonchev–Trinajstić information content (AvgIpc) is 4.12. The van der Waals surface area contributed by atoms with Gasteiger partial charge in [-0.15, -0.1) is 11.3 Å². The predicted molar refractivity (Wildman–Crippen MR) is 254 cm³/mol. The minimum absolute atomic E-state index is 0.0267. The molecule has 354 valence electrons. The number of pyridine rings is 1. The first-order chi connectivity index (χ1) is 32.3. The van der Waals surface area contributed by atoms with Crippen molar-refractivity contribution in [2.45, 2.75) is 71.4 Å². The van der Waals surface area contributed by atoms with Crippen molar-refractivity contribution in [3.8, 4) is 21.6 Å². The monoisotopic (exact) mass is 968 g/mol. The Morgan fingerprint density at radius 1 is 0.985 bits per heavy atom. The number of rotatable bonds is 14. The number of aromatic amines is 1. The first kappa shape index (κ1) is 48.1. The summed E-state index contributed by atoms with van der Waals surface area (Å²) in [7, 11) is -4.51. The Labute approximate surface area is 395 Å². The van der Waals surface area contributed by atoms with Crippen molar-refractivity contribution in [3.05, 3.63) is 119 Å². The third kappa shape index (κ3) is 10.2. The van der Waals surface area contributed by atoms with Crippen molar-refractivity contribution in [2.24, 2.45) is 5.41 Å². The lowest BCUT2D eigenvalue weighted by Gasteiger charge is -2.35. The number of H-pyrrole nitrogens is 1. The third-order valence-electron chi connectivity index (χ3n) is 12.1. The first-order valence-electron chi connectivity index (χ1n) is 21.8. The van der Waals surface area contributed by atoms with Crippen LogP contribution in [0, 0.1) is 24.0 Å². The summed E-state index contributed by atoms with van der Waals surface area (Å²) >= 11 is 1.55. The molecule has 0 aliphatic carbocycles. The van der Waals surface area contributed by atoms with Gasteiger partial charge in [0, 0.05) is 61.5 Å². The standard InChI is InChI=1S/C47H48BF3N8O7S2/c1-25-41(67-24-55-25)28-7-5-26(6-8-28)19-54-44(62)37-18-32(60)23-59(37)45(63)42(47(2,3)4)56-46(64)48-30-11-9-27(10-12-30)29-17-33-34(21-53-43(33)52-20-29)40(61)38-35(50)13-14-36(39(38)51)57-68(65,66)58-16-15-31(49)22-58/h5-14,17,20-21,24,31-32,37,42,48,57,60H,15-16,18-19,22-23H2,1-4H3,(H,52,53)(H,54,62)(H,56,64)/t31-,32-,37+,42-/m1/s1. The quantitative estimate of drug-likeness (QED) is 0.0705. The Hall–Kier alpha value is -6.42. The van der Waals surface area contributed by atoms with Gasteiger partial charge in [-0.2, -0.15) is 12.7 Å². The number of hydrogen-bond acceptors (Lipinski definition) is 10. The number of aliphatic hydroxyl groups is 1. The molecule has 0 bridgehead atoms. The Morgan fingerprint density at radius 3 is 2.37 bits per heavy atom. The molecule has 3 aromatic heterocycles. The van der Waals surface area contributed by atoms with E-state index in [-0.39, 0.29) is 56.4 Å². The number of carbonyl (C=O) groups excluding carboxylic acids is 4. The maximum atomic E-state index is 15.8. The number of fused-ring (bicyclic) bond motifs is 1. The number of benzene rings is 3. The van der Waals surface area contributed by atoms with E-state index in [0.29, 0.717) is 16.6 Å². The number of thiazole rings is 1. The molecule has 2 saturated heterocycles. The lowest BCUT2D eigenvalue weighted by molar-refractivity contribution is -0.141. The number of aromatic nitrogens is 3. The molecule has 2 aliphatic heterocycles. The van der Waals surface area contributed by atoms with Gasteiger partial charge >= 0.3 is 10.2 Å². The van der Waals surface area contributed by atoms with Crippen LogP contribution < -0.4 is 20.8 Å². The predicted octanol–water partition coefficient (Wildman–Crippen LogP) is 5.34. The fourth-order valence-corrected chi connectivity index (χ4v) is 10.5. The molecular weight excluding hydrogens is 921 g/mol. The molecular formula is C47H48BF3N8O7S2. The van der Waals surface area contributed by atoms with Crippen molar-refractivity contribution in [1.82, 2.24) is 34.8 Å². The average molecular weight is 969 g/mol. The molecule has 0 spiro atoms. The molecule has 5 N–H and O–H groups in total. The van der Waals surface area contributed by atoms with Crippen molar-refractivity contribution in [3.63, 3.8) is 0 Å². The summed E-state index contributed by atoms with van der Waals surface area (Å²) in [5, 5.41) is 16.6. The minimum Gasteiger partial charge on any atom is -0.391 e. The van der Waals surface area contributed by atoms with E-state index in [0.717, 1.165) is 38.1 Å². The van der Waals surface area contributed by atoms with Crippen LogP contribution in [-0.4, -0.2) is 112 Å². The summed E-state index contributed by atoms with van der Waals surface area (Å²) < 4.78 is 73.1. The van der Waals surface area contributed by atoms with Gasteiger partial charge in [0.1, 0.15) is 29.7 Å². The number of alkyl halides is 1. The van der Waals surface area contributed by atoms with Crippen molar-refractivity contribution in [2.75, 3.05) is 24.4 Å². The molecule has 0 saturated carbocycles. The molecule has 8 rings (SSSR count). The number of carbonyl (C=O) groups is 4. The maximum Gasteiger partial charge on any atom is 0.301 e. The van der Waals surface area contributed by atoms with Crippen LogP contribution in [0.2, 0.25) is 0 Å². The number of hydrogen-bond donors (Lipinski definition) is 5. The smallest absolute Gasteiger partial charge is 0.301 e. The van der Waals surface area contributed by atoms with Gasteiger partial charge in [0.25, 0.3) is 7.28 Å². The van der Waals surface area contributed by atoms with Gasteiger partial charge in [0.05, 0.1) is 33.4 Å². The number of aliphatic hydroxyl groups excluding tert-OH is 1. The molecule has 0 unspecified atom stereocenters. The normalized spacial score (nSPS) is 18.1. The fourth-order valence-electron chi connectivity index (χ4n) is 8.43. The van der Waals surface area contributed by atoms with Crippen LogP contribution in [0.15, 0.2) is 84.6 Å². The number of halogens is 3. The van der Waals surface area contributed by atoms with E-state index < -0.39 is 92.8 Å². The van der Waals surface area contributed by atoms with E-state index in [4.69, 9.17) is 0 Å². The zero-order chi connectivity index (χ0) is 48.7. The van der Waals surface area contributed by atoms with Crippen LogP contribution >= 0.6 is 11.3 Å². The van der Waals surface area contributed by atoms with E-state index in [1.807, 2.05) is 35.9 Å². The largest absolute Gasteiger partial charge is 0.391 e. The van der Waals surface area contributed by atoms with Gasteiger partial charge in [-0.05, 0) is 53.6 Å². The lowest BCUT2D eigenvalue weighted by atomic mass is 9.68. The molecule has 3 aromatic carbocycles. The fraction of sp³-hybridized carbons (Fsp3) is 0.319. The molecule has 21 heteroatoms. The van der Waals surface area contributed by atoms with Crippen molar-refractivity contribution >= 4 is 74.4 Å². The van der Waals surface area contributed by atoms with Crippen molar-refractivity contribution in [1.29, 1.82) is 0 Å². The molecule has 2 fully saturated rings. The second-order valence-electron chi connectivity index (χ2n) is 18.1. The SMILES string of the molecule is Cc1ncsc1-c1ccc(CNC(=O)[C@@H]2C[C@@H](O)CN2C(=O)[C@@H](NC(=O)Bc2ccc(-c3cnc4[nH]cc(C(=O)c5c(F)ccc(NS(=O)(=O)N6CC[C@@H](F)C6)c5F)c4c3)cc2)C(C)(C)C)cc1. The Bertz CT molecular complexity index is 3020. The third-order valence-corrected chi connectivity index (χ3v) is 14.6. The Morgan fingerprint density at radius 2 is 1.71 bits per heavy atom. The number of amides is 3. The van der Waals surface area contributed by atoms with Crippen LogP contribution in [-0.2, 0) is 26.3 Å². The van der Waals surface area contributed by atoms with Gasteiger partial charge in [0.15, 0.2) is 11.6 Å². The number of aryl methyl sites for hydroxylation is 1. The molecule has 4 atom stereocenters. The van der Waals surface area contributed by atoms with Gasteiger partial charge in [0.2, 0.25) is 17.6 Å². The topological polar surface area (TPSA) is 207 Å². The van der Waals surface area contributed by atoms with Gasteiger partial charge < -0.3 is 25.6 Å². The molecule has 0 radical (unpaired) electrons. The molecule has 68 heavy (non-hydrogen) atoms. The summed E-state index contributed by atoms with van der Waals surface area (Å²) in [5.74, 6) is -5.11. The van der Waals surface area contributed by atoms with Crippen molar-refractivity contribution < 1.29 is 45.9 Å². The van der Waals surface area contributed by atoms with Gasteiger partial charge in [-0.25, -0.2) is 23.1 Å². The summed E-state index contributed by atoms with van der Waals surface area (Å²) in [6.45, 7) is 6.93. The summed E-state index contributed by atoms with van der Waals surface area (Å²) in [6.07, 6.45) is 0.476. The first-order valence-corrected chi connectivity index (χ1v) is 24.2. The van der Waals surface area contributed by atoms with Crippen LogP contribution in [0.5, 0.6) is 0 Å². The van der Waals surface area contributed by atoms with E-state index in [1.165, 1.54) is 17.3 Å². The number of ketones is 1. The second-order valence-corrected chi connectivity index (χ2v) is 20.6. The van der Waals surface area contributed by atoms with Crippen LogP contribution in [0.4, 0.5) is 23.7 Å². The Balaban J connectivity index is 0.918. The molecule has 15 nitrogen and oxygen atoms in total. The number of nitrogens with zero attached hydrogens (tertiary/aromatic N) is 4. The lowest BCUT2D eigenvalue weighted by Crippen LogP contribution is -2.58. The molecule has 6 aromatic rings. The van der Waals surface area contributed by atoms with Crippen LogP contribution in [0.1, 0.15) is 60.8 Å². The summed E-state index contributed by atoms with van der Waals surface area (Å²) in [5.41, 5.74) is 3.98. The van der Waals surface area contributed by atoms with Crippen LogP contribution in [0.25, 0.3) is 32.6 Å². The number of β-amino-alcohol motifs (C(OH)–C–C–N with tert-alkyl or cyclic N) is 1. The van der Waals surface area contributed by atoms with Crippen LogP contribution in [0.3, 0.4) is 0 Å². The van der Waals surface area contributed by atoms with E-state index in [9.17, 15) is 37.1 Å². The summed E-state index contributed by atoms with van der Waals surface area (Å²) in [6, 6.07) is 15.8. The zero-order valence-electron chi connectivity index (χ0n) is 37.5. The number of likely N-dealkylation sites (tertiary alicyclic amines) is 1. The van der Waals surface area contributed by atoms with E-state index in [1.54, 1.807) is 68.0 Å². The highest BCUT2D eigenvalue weighted by molar-refractivity contribution is 7.90. The molecule has 2 aliphatic rings. The number of anilines is 1. The Kier molecular flexibility index (Phi) is 13.6. The highest BCUT2D eigenvalue weighted by Crippen LogP contribution is 2.32. The minimum atomic E-state index is -4.40. The van der Waals surface area contributed by atoms with E-state index >= 15 is 8.78 Å². The maximum absolute atomic E-state index is 15.8. The van der Waals surface area contributed by atoms with Gasteiger partial charge in [-0.3, -0.25) is 23.9 Å². The zero-order valence-corrected chi connectivity index (χ0v) is 39.1. The number of nitrogens with one attached hydrogen (secondary N) is 4. The molecule has 5 heterocycles.